The SMILES string of the molecule is COc1ccc(CCNC(=O)CN2CCC(Cn3cccn3)CC2)cc1OC. The van der Waals surface area contributed by atoms with Crippen LogP contribution in [0.25, 0.3) is 0 Å². The van der Waals surface area contributed by atoms with E-state index in [1.165, 1.54) is 0 Å². The second kappa shape index (κ2) is 10.1. The lowest BCUT2D eigenvalue weighted by Crippen LogP contribution is -2.42. The van der Waals surface area contributed by atoms with Crippen LogP contribution < -0.4 is 14.8 Å². The first kappa shape index (κ1) is 20.2. The normalized spacial score (nSPS) is 15.4. The van der Waals surface area contributed by atoms with Crippen LogP contribution in [0.4, 0.5) is 0 Å². The number of nitrogens with zero attached hydrogens (tertiary/aromatic N) is 3. The number of hydrogen-bond donors (Lipinski definition) is 1. The van der Waals surface area contributed by atoms with E-state index in [9.17, 15) is 4.79 Å². The molecule has 0 spiro atoms. The molecule has 1 aliphatic rings. The predicted octanol–water partition coefficient (Wildman–Crippen LogP) is 1.97. The molecule has 1 saturated heterocycles. The van der Waals surface area contributed by atoms with Gasteiger partial charge in [-0.1, -0.05) is 6.07 Å². The van der Waals surface area contributed by atoms with Gasteiger partial charge in [-0.15, -0.1) is 0 Å². The van der Waals surface area contributed by atoms with E-state index >= 15 is 0 Å². The van der Waals surface area contributed by atoms with Gasteiger partial charge in [0.05, 0.1) is 20.8 Å². The van der Waals surface area contributed by atoms with Crippen LogP contribution in [0.1, 0.15) is 18.4 Å². The number of piperidine rings is 1. The molecule has 0 bridgehead atoms. The fourth-order valence-electron chi connectivity index (χ4n) is 3.64. The lowest BCUT2D eigenvalue weighted by Gasteiger charge is -2.31. The molecule has 0 aliphatic carbocycles. The molecule has 0 unspecified atom stereocenters. The third-order valence-electron chi connectivity index (χ3n) is 5.26. The standard InChI is InChI=1S/C21H30N4O3/c1-27-19-5-4-17(14-20(19)28-2)6-10-22-21(26)16-24-12-7-18(8-13-24)15-25-11-3-9-23-25/h3-5,9,11,14,18H,6-8,10,12-13,15-16H2,1-2H3,(H,22,26). The van der Waals surface area contributed by atoms with Gasteiger partial charge in [0, 0.05) is 25.5 Å². The Kier molecular flexibility index (Phi) is 7.31. The average Bonchev–Trinajstić information content (AvgIpc) is 3.22. The topological polar surface area (TPSA) is 68.6 Å². The van der Waals surface area contributed by atoms with Crippen molar-refractivity contribution < 1.29 is 14.3 Å². The minimum absolute atomic E-state index is 0.0889. The monoisotopic (exact) mass is 386 g/mol. The smallest absolute Gasteiger partial charge is 0.234 e. The van der Waals surface area contributed by atoms with Crippen molar-refractivity contribution in [1.82, 2.24) is 20.0 Å². The average molecular weight is 386 g/mol. The van der Waals surface area contributed by atoms with E-state index in [0.717, 1.165) is 44.5 Å². The zero-order valence-electron chi connectivity index (χ0n) is 16.8. The number of nitrogens with one attached hydrogen (secondary N) is 1. The molecule has 2 heterocycles. The van der Waals surface area contributed by atoms with E-state index in [1.807, 2.05) is 41.3 Å². The summed E-state index contributed by atoms with van der Waals surface area (Å²) in [6.07, 6.45) is 6.81. The first-order valence-corrected chi connectivity index (χ1v) is 9.85. The molecule has 1 aromatic heterocycles. The van der Waals surface area contributed by atoms with Crippen LogP contribution in [-0.2, 0) is 17.8 Å². The Morgan fingerprint density at radius 2 is 2.00 bits per heavy atom. The van der Waals surface area contributed by atoms with E-state index in [-0.39, 0.29) is 5.91 Å². The molecule has 1 aromatic carbocycles. The minimum atomic E-state index is 0.0889. The molecular formula is C21H30N4O3. The molecule has 3 rings (SSSR count). The van der Waals surface area contributed by atoms with Crippen LogP contribution in [0.3, 0.4) is 0 Å². The third-order valence-corrected chi connectivity index (χ3v) is 5.26. The van der Waals surface area contributed by atoms with Crippen molar-refractivity contribution >= 4 is 5.91 Å². The summed E-state index contributed by atoms with van der Waals surface area (Å²) in [6.45, 7) is 3.99. The molecule has 0 saturated carbocycles. The number of rotatable bonds is 9. The number of benzene rings is 1. The lowest BCUT2D eigenvalue weighted by molar-refractivity contribution is -0.122. The maximum Gasteiger partial charge on any atom is 0.234 e. The Bertz CT molecular complexity index is 740. The van der Waals surface area contributed by atoms with E-state index in [2.05, 4.69) is 15.3 Å². The Balaban J connectivity index is 1.35. The zero-order valence-corrected chi connectivity index (χ0v) is 16.8. The Labute approximate surface area is 166 Å². The molecular weight excluding hydrogens is 356 g/mol. The molecule has 1 fully saturated rings. The van der Waals surface area contributed by atoms with Crippen LogP contribution in [-0.4, -0.2) is 61.0 Å². The van der Waals surface area contributed by atoms with Gasteiger partial charge >= 0.3 is 0 Å². The summed E-state index contributed by atoms with van der Waals surface area (Å²) < 4.78 is 12.6. The highest BCUT2D eigenvalue weighted by Crippen LogP contribution is 2.27. The maximum absolute atomic E-state index is 12.3. The van der Waals surface area contributed by atoms with Crippen molar-refractivity contribution in [2.45, 2.75) is 25.8 Å². The zero-order chi connectivity index (χ0) is 19.8. The highest BCUT2D eigenvalue weighted by atomic mass is 16.5. The van der Waals surface area contributed by atoms with Gasteiger partial charge in [-0.2, -0.15) is 5.10 Å². The van der Waals surface area contributed by atoms with Gasteiger partial charge in [0.25, 0.3) is 0 Å². The highest BCUT2D eigenvalue weighted by molar-refractivity contribution is 5.78. The maximum atomic E-state index is 12.3. The summed E-state index contributed by atoms with van der Waals surface area (Å²) in [7, 11) is 3.25. The van der Waals surface area contributed by atoms with Crippen molar-refractivity contribution in [1.29, 1.82) is 0 Å². The first-order valence-electron chi connectivity index (χ1n) is 9.85. The summed E-state index contributed by atoms with van der Waals surface area (Å²) in [6, 6.07) is 7.80. The van der Waals surface area contributed by atoms with Crippen LogP contribution in [0, 0.1) is 5.92 Å². The molecule has 7 heteroatoms. The lowest BCUT2D eigenvalue weighted by atomic mass is 9.97. The Morgan fingerprint density at radius 3 is 2.68 bits per heavy atom. The number of carbonyl (C=O) groups excluding carboxylic acids is 1. The number of ether oxygens (including phenoxy) is 2. The van der Waals surface area contributed by atoms with Crippen LogP contribution in [0.15, 0.2) is 36.7 Å². The van der Waals surface area contributed by atoms with E-state index in [0.29, 0.717) is 30.5 Å². The molecule has 0 atom stereocenters. The molecule has 28 heavy (non-hydrogen) atoms. The summed E-state index contributed by atoms with van der Waals surface area (Å²) in [4.78, 5) is 14.5. The molecule has 0 radical (unpaired) electrons. The summed E-state index contributed by atoms with van der Waals surface area (Å²) in [5.74, 6) is 2.16. The number of amides is 1. The summed E-state index contributed by atoms with van der Waals surface area (Å²) in [5.41, 5.74) is 1.11. The summed E-state index contributed by atoms with van der Waals surface area (Å²) >= 11 is 0. The Morgan fingerprint density at radius 1 is 1.21 bits per heavy atom. The second-order valence-electron chi connectivity index (χ2n) is 7.24. The van der Waals surface area contributed by atoms with Crippen molar-refractivity contribution in [2.24, 2.45) is 5.92 Å². The number of methoxy groups -OCH3 is 2. The quantitative estimate of drug-likeness (QED) is 0.714. The minimum Gasteiger partial charge on any atom is -0.493 e. The molecule has 1 aliphatic heterocycles. The van der Waals surface area contributed by atoms with Crippen molar-refractivity contribution in [2.75, 3.05) is 40.4 Å². The van der Waals surface area contributed by atoms with E-state index in [1.54, 1.807) is 14.2 Å². The molecule has 152 valence electrons. The van der Waals surface area contributed by atoms with Gasteiger partial charge in [0.15, 0.2) is 11.5 Å². The van der Waals surface area contributed by atoms with Crippen LogP contribution in [0.2, 0.25) is 0 Å². The summed E-state index contributed by atoms with van der Waals surface area (Å²) in [5, 5.41) is 7.31. The molecule has 7 nitrogen and oxygen atoms in total. The fourth-order valence-corrected chi connectivity index (χ4v) is 3.64. The second-order valence-corrected chi connectivity index (χ2v) is 7.24. The molecule has 1 amide bonds. The largest absolute Gasteiger partial charge is 0.493 e. The van der Waals surface area contributed by atoms with E-state index in [4.69, 9.17) is 9.47 Å². The predicted molar refractivity (Wildman–Crippen MR) is 108 cm³/mol. The third kappa shape index (κ3) is 5.73. The Hall–Kier alpha value is -2.54. The van der Waals surface area contributed by atoms with Crippen molar-refractivity contribution in [3.05, 3.63) is 42.2 Å². The number of carbonyl (C=O) groups is 1. The van der Waals surface area contributed by atoms with E-state index < -0.39 is 0 Å². The van der Waals surface area contributed by atoms with Crippen LogP contribution in [0.5, 0.6) is 11.5 Å². The first-order chi connectivity index (χ1) is 13.7. The van der Waals surface area contributed by atoms with Gasteiger partial charge in [-0.05, 0) is 62.0 Å². The van der Waals surface area contributed by atoms with Crippen LogP contribution >= 0.6 is 0 Å². The van der Waals surface area contributed by atoms with Gasteiger partial charge in [-0.3, -0.25) is 14.4 Å². The highest BCUT2D eigenvalue weighted by Gasteiger charge is 2.21. The van der Waals surface area contributed by atoms with Crippen molar-refractivity contribution in [3.8, 4) is 11.5 Å². The van der Waals surface area contributed by atoms with Gasteiger partial charge in [0.2, 0.25) is 5.91 Å². The number of likely N-dealkylation sites (tertiary alicyclic amines) is 1. The van der Waals surface area contributed by atoms with Gasteiger partial charge < -0.3 is 14.8 Å². The number of aromatic nitrogens is 2. The molecule has 1 N–H and O–H groups in total. The van der Waals surface area contributed by atoms with Crippen molar-refractivity contribution in [3.63, 3.8) is 0 Å². The van der Waals surface area contributed by atoms with Gasteiger partial charge in [-0.25, -0.2) is 0 Å². The molecule has 2 aromatic rings. The number of hydrogen-bond acceptors (Lipinski definition) is 5. The fraction of sp³-hybridized carbons (Fsp3) is 0.524. The van der Waals surface area contributed by atoms with Gasteiger partial charge in [0.1, 0.15) is 0 Å².